The van der Waals surface area contributed by atoms with Crippen LogP contribution in [0.25, 0.3) is 11.0 Å². The third-order valence-electron chi connectivity index (χ3n) is 3.23. The molecule has 2 aromatic heterocycles. The summed E-state index contributed by atoms with van der Waals surface area (Å²) in [7, 11) is 0. The number of rotatable bonds is 5. The zero-order valence-electron chi connectivity index (χ0n) is 12.3. The minimum absolute atomic E-state index is 0.0899. The Morgan fingerprint density at radius 2 is 2.32 bits per heavy atom. The number of para-hydroxylation sites is 2. The second kappa shape index (κ2) is 6.23. The van der Waals surface area contributed by atoms with Crippen molar-refractivity contribution in [2.45, 2.75) is 30.7 Å². The molecule has 1 unspecified atom stereocenters. The molecule has 0 aliphatic heterocycles. The standard InChI is InChI=1S/C15H16N4O2S/c1-3-12(14(20)18-13-8-9(2)21-19-13)22-15-16-10-6-4-5-7-11(10)17-15/h4-8,12H,3H2,1-2H3,(H,16,17)(H,18,19,20)/p+1. The predicted octanol–water partition coefficient (Wildman–Crippen LogP) is 2.79. The zero-order valence-corrected chi connectivity index (χ0v) is 13.2. The number of nitrogens with zero attached hydrogens (tertiary/aromatic N) is 1. The van der Waals surface area contributed by atoms with Gasteiger partial charge in [0.05, 0.1) is 5.25 Å². The topological polar surface area (TPSA) is 85.1 Å². The van der Waals surface area contributed by atoms with Crippen LogP contribution in [-0.4, -0.2) is 21.3 Å². The molecule has 114 valence electrons. The Morgan fingerprint density at radius 1 is 1.50 bits per heavy atom. The van der Waals surface area contributed by atoms with Crippen LogP contribution in [-0.2, 0) is 4.79 Å². The molecule has 22 heavy (non-hydrogen) atoms. The highest BCUT2D eigenvalue weighted by Gasteiger charge is 2.23. The highest BCUT2D eigenvalue weighted by atomic mass is 32.2. The van der Waals surface area contributed by atoms with Gasteiger partial charge < -0.3 is 9.84 Å². The number of carbonyl (C=O) groups excluding carboxylic acids is 1. The summed E-state index contributed by atoms with van der Waals surface area (Å²) in [6.45, 7) is 3.77. The molecule has 0 aliphatic rings. The van der Waals surface area contributed by atoms with Gasteiger partial charge in [0.1, 0.15) is 5.76 Å². The van der Waals surface area contributed by atoms with Crippen molar-refractivity contribution in [1.29, 1.82) is 0 Å². The first-order chi connectivity index (χ1) is 10.7. The maximum atomic E-state index is 12.3. The van der Waals surface area contributed by atoms with Gasteiger partial charge in [-0.05, 0) is 37.2 Å². The molecule has 1 aromatic carbocycles. The van der Waals surface area contributed by atoms with Gasteiger partial charge in [-0.2, -0.15) is 0 Å². The number of thioether (sulfide) groups is 1. The molecule has 1 atom stereocenters. The van der Waals surface area contributed by atoms with Gasteiger partial charge in [-0.1, -0.05) is 24.2 Å². The molecule has 0 aliphatic carbocycles. The number of H-pyrrole nitrogens is 2. The van der Waals surface area contributed by atoms with Gasteiger partial charge >= 0.3 is 5.16 Å². The average Bonchev–Trinajstić information content (AvgIpc) is 3.10. The highest BCUT2D eigenvalue weighted by molar-refractivity contribution is 8.00. The summed E-state index contributed by atoms with van der Waals surface area (Å²) < 4.78 is 4.95. The van der Waals surface area contributed by atoms with Crippen LogP contribution in [0.3, 0.4) is 0 Å². The minimum Gasteiger partial charge on any atom is -0.360 e. The number of hydrogen-bond donors (Lipinski definition) is 2. The third-order valence-corrected chi connectivity index (χ3v) is 4.50. The maximum Gasteiger partial charge on any atom is 0.315 e. The average molecular weight is 317 g/mol. The Morgan fingerprint density at radius 3 is 3.00 bits per heavy atom. The van der Waals surface area contributed by atoms with Crippen molar-refractivity contribution >= 4 is 34.5 Å². The lowest BCUT2D eigenvalue weighted by atomic mass is 10.3. The molecule has 0 fully saturated rings. The van der Waals surface area contributed by atoms with Gasteiger partial charge in [0.15, 0.2) is 16.9 Å². The van der Waals surface area contributed by atoms with E-state index in [1.807, 2.05) is 31.2 Å². The van der Waals surface area contributed by atoms with Crippen molar-refractivity contribution in [2.75, 3.05) is 5.32 Å². The summed E-state index contributed by atoms with van der Waals surface area (Å²) in [4.78, 5) is 18.9. The van der Waals surface area contributed by atoms with E-state index in [0.29, 0.717) is 18.0 Å². The van der Waals surface area contributed by atoms with Gasteiger partial charge in [-0.25, -0.2) is 9.97 Å². The molecule has 0 saturated heterocycles. The van der Waals surface area contributed by atoms with E-state index in [2.05, 4.69) is 20.4 Å². The highest BCUT2D eigenvalue weighted by Crippen LogP contribution is 2.24. The molecule has 0 saturated carbocycles. The number of aryl methyl sites for hydroxylation is 1. The monoisotopic (exact) mass is 317 g/mol. The predicted molar refractivity (Wildman–Crippen MR) is 84.7 cm³/mol. The Kier molecular flexibility index (Phi) is 4.15. The summed E-state index contributed by atoms with van der Waals surface area (Å²) in [6.07, 6.45) is 0.705. The van der Waals surface area contributed by atoms with Crippen LogP contribution in [0.2, 0.25) is 0 Å². The minimum atomic E-state index is -0.221. The first-order valence-electron chi connectivity index (χ1n) is 7.06. The normalized spacial score (nSPS) is 12.5. The second-order valence-corrected chi connectivity index (χ2v) is 6.16. The number of hydrogen-bond acceptors (Lipinski definition) is 4. The first-order valence-corrected chi connectivity index (χ1v) is 7.94. The SMILES string of the molecule is CCC(Sc1[nH]c2ccccc2[nH+]1)C(=O)Nc1cc(C)on1. The molecular formula is C15H17N4O2S+. The number of aromatic amines is 2. The quantitative estimate of drug-likeness (QED) is 0.709. The summed E-state index contributed by atoms with van der Waals surface area (Å²) in [5.41, 5.74) is 2.04. The fourth-order valence-electron chi connectivity index (χ4n) is 2.13. The van der Waals surface area contributed by atoms with E-state index in [1.165, 1.54) is 11.8 Å². The van der Waals surface area contributed by atoms with Gasteiger partial charge in [0.25, 0.3) is 0 Å². The number of amides is 1. The van der Waals surface area contributed by atoms with Crippen LogP contribution in [0.15, 0.2) is 40.0 Å². The van der Waals surface area contributed by atoms with Crippen LogP contribution in [0, 0.1) is 6.92 Å². The first kappa shape index (κ1) is 14.6. The van der Waals surface area contributed by atoms with E-state index in [1.54, 1.807) is 13.0 Å². The number of aromatic nitrogens is 3. The lowest BCUT2D eigenvalue weighted by Gasteiger charge is -2.09. The van der Waals surface area contributed by atoms with E-state index in [-0.39, 0.29) is 11.2 Å². The molecule has 3 N–H and O–H groups in total. The number of anilines is 1. The molecule has 0 spiro atoms. The van der Waals surface area contributed by atoms with Crippen molar-refractivity contribution in [2.24, 2.45) is 0 Å². The molecule has 0 bridgehead atoms. The van der Waals surface area contributed by atoms with Crippen LogP contribution >= 0.6 is 11.8 Å². The smallest absolute Gasteiger partial charge is 0.315 e. The molecule has 2 heterocycles. The third kappa shape index (κ3) is 3.14. The van der Waals surface area contributed by atoms with Crippen molar-refractivity contribution < 1.29 is 14.3 Å². The number of carbonyl (C=O) groups is 1. The van der Waals surface area contributed by atoms with Crippen molar-refractivity contribution in [3.8, 4) is 0 Å². The molecule has 1 amide bonds. The lowest BCUT2D eigenvalue weighted by Crippen LogP contribution is -2.25. The van der Waals surface area contributed by atoms with Gasteiger partial charge in [-0.15, -0.1) is 0 Å². The molecule has 6 nitrogen and oxygen atoms in total. The van der Waals surface area contributed by atoms with Crippen LogP contribution < -0.4 is 10.3 Å². The van der Waals surface area contributed by atoms with E-state index in [4.69, 9.17) is 4.52 Å². The summed E-state index contributed by atoms with van der Waals surface area (Å²) in [5.74, 6) is 1.02. The summed E-state index contributed by atoms with van der Waals surface area (Å²) in [6, 6.07) is 9.63. The van der Waals surface area contributed by atoms with Crippen LogP contribution in [0.5, 0.6) is 0 Å². The van der Waals surface area contributed by atoms with Crippen molar-refractivity contribution in [3.05, 3.63) is 36.1 Å². The van der Waals surface area contributed by atoms with Gasteiger partial charge in [0.2, 0.25) is 5.91 Å². The van der Waals surface area contributed by atoms with Crippen molar-refractivity contribution in [1.82, 2.24) is 10.1 Å². The Labute approximate surface area is 131 Å². The molecule has 7 heteroatoms. The van der Waals surface area contributed by atoms with Crippen LogP contribution in [0.1, 0.15) is 19.1 Å². The van der Waals surface area contributed by atoms with E-state index < -0.39 is 0 Å². The summed E-state index contributed by atoms with van der Waals surface area (Å²) >= 11 is 1.47. The zero-order chi connectivity index (χ0) is 15.5. The molecule has 0 radical (unpaired) electrons. The summed E-state index contributed by atoms with van der Waals surface area (Å²) in [5, 5.41) is 7.20. The lowest BCUT2D eigenvalue weighted by molar-refractivity contribution is -0.396. The van der Waals surface area contributed by atoms with E-state index in [9.17, 15) is 4.79 Å². The fraction of sp³-hybridized carbons (Fsp3) is 0.267. The number of benzene rings is 1. The van der Waals surface area contributed by atoms with Gasteiger partial charge in [-0.3, -0.25) is 4.79 Å². The van der Waals surface area contributed by atoms with Gasteiger partial charge in [0, 0.05) is 6.07 Å². The Balaban J connectivity index is 1.71. The number of nitrogens with one attached hydrogen (secondary N) is 3. The molecular weight excluding hydrogens is 300 g/mol. The molecule has 3 rings (SSSR count). The Hall–Kier alpha value is -2.28. The number of imidazole rings is 1. The second-order valence-electron chi connectivity index (χ2n) is 4.95. The fourth-order valence-corrected chi connectivity index (χ4v) is 3.09. The van der Waals surface area contributed by atoms with E-state index >= 15 is 0 Å². The largest absolute Gasteiger partial charge is 0.360 e. The molecule has 3 aromatic rings. The van der Waals surface area contributed by atoms with Crippen molar-refractivity contribution in [3.63, 3.8) is 0 Å². The number of fused-ring (bicyclic) bond motifs is 1. The Bertz CT molecular complexity index is 763. The van der Waals surface area contributed by atoms with E-state index in [0.717, 1.165) is 16.2 Å². The maximum absolute atomic E-state index is 12.3. The van der Waals surface area contributed by atoms with Crippen LogP contribution in [0.4, 0.5) is 5.82 Å².